The number of rotatable bonds is 6. The second kappa shape index (κ2) is 10.5. The van der Waals surface area contributed by atoms with Gasteiger partial charge in [0.25, 0.3) is 0 Å². The standard InChI is InChI=1S/C31H46O9/c1-10-15(2)26(38-17(4)32)16(3)18-13-19(37-9)23-25(35)28-30(7,40-27(23)24(18)34)12-11-21-31(28,8)20(33)14-22(39-21)29(5,6)36/h10,13,16,20-22,25-26,28,33-36H,11-12,14H2,1-9H3/b15-10+. The van der Waals surface area contributed by atoms with Crippen LogP contribution in [0.1, 0.15) is 97.8 Å². The Kier molecular flexibility index (Phi) is 8.04. The molecule has 1 saturated heterocycles. The van der Waals surface area contributed by atoms with Crippen LogP contribution in [0.15, 0.2) is 17.7 Å². The lowest BCUT2D eigenvalue weighted by atomic mass is 9.52. The highest BCUT2D eigenvalue weighted by Crippen LogP contribution is 2.64. The van der Waals surface area contributed by atoms with Gasteiger partial charge in [0.2, 0.25) is 0 Å². The first kappa shape index (κ1) is 30.6. The molecule has 0 bridgehead atoms. The van der Waals surface area contributed by atoms with Gasteiger partial charge >= 0.3 is 5.97 Å². The van der Waals surface area contributed by atoms with Crippen LogP contribution in [0.3, 0.4) is 0 Å². The lowest BCUT2D eigenvalue weighted by Gasteiger charge is -2.62. The summed E-state index contributed by atoms with van der Waals surface area (Å²) >= 11 is 0. The van der Waals surface area contributed by atoms with Gasteiger partial charge in [0.15, 0.2) is 11.5 Å². The molecule has 9 heteroatoms. The van der Waals surface area contributed by atoms with Crippen molar-refractivity contribution < 1.29 is 44.2 Å². The number of carbonyl (C=O) groups is 1. The largest absolute Gasteiger partial charge is 0.504 e. The quantitative estimate of drug-likeness (QED) is 0.296. The molecular formula is C31H46O9. The number of benzene rings is 1. The van der Waals surface area contributed by atoms with E-state index in [0.29, 0.717) is 29.7 Å². The highest BCUT2D eigenvalue weighted by atomic mass is 16.5. The Hall–Kier alpha value is -2.33. The molecule has 2 fully saturated rings. The highest BCUT2D eigenvalue weighted by Gasteiger charge is 2.66. The van der Waals surface area contributed by atoms with Gasteiger partial charge in [0, 0.05) is 36.2 Å². The predicted octanol–water partition coefficient (Wildman–Crippen LogP) is 4.29. The van der Waals surface area contributed by atoms with Crippen molar-refractivity contribution in [3.05, 3.63) is 28.8 Å². The van der Waals surface area contributed by atoms with Crippen LogP contribution in [0.25, 0.3) is 0 Å². The van der Waals surface area contributed by atoms with Gasteiger partial charge in [0.05, 0.1) is 42.7 Å². The van der Waals surface area contributed by atoms with Gasteiger partial charge in [-0.15, -0.1) is 0 Å². The van der Waals surface area contributed by atoms with Crippen LogP contribution in [0.2, 0.25) is 0 Å². The van der Waals surface area contributed by atoms with Crippen LogP contribution in [0, 0.1) is 11.3 Å². The van der Waals surface area contributed by atoms with Crippen LogP contribution >= 0.6 is 0 Å². The normalized spacial score (nSPS) is 35.4. The van der Waals surface area contributed by atoms with E-state index in [0.717, 1.165) is 5.57 Å². The number of hydrogen-bond acceptors (Lipinski definition) is 9. The third kappa shape index (κ3) is 4.78. The summed E-state index contributed by atoms with van der Waals surface area (Å²) < 4.78 is 24.4. The van der Waals surface area contributed by atoms with Gasteiger partial charge in [0.1, 0.15) is 17.5 Å². The number of aromatic hydroxyl groups is 1. The average Bonchev–Trinajstić information content (AvgIpc) is 2.86. The highest BCUT2D eigenvalue weighted by molar-refractivity contribution is 5.67. The smallest absolute Gasteiger partial charge is 0.303 e. The first-order valence-corrected chi connectivity index (χ1v) is 14.2. The van der Waals surface area contributed by atoms with E-state index in [4.69, 9.17) is 18.9 Å². The van der Waals surface area contributed by atoms with Crippen molar-refractivity contribution in [3.63, 3.8) is 0 Å². The average molecular weight is 563 g/mol. The molecule has 1 aromatic carbocycles. The monoisotopic (exact) mass is 562 g/mol. The zero-order chi connectivity index (χ0) is 29.9. The summed E-state index contributed by atoms with van der Waals surface area (Å²) in [6.07, 6.45) is -0.506. The first-order valence-electron chi connectivity index (χ1n) is 14.2. The van der Waals surface area contributed by atoms with Crippen LogP contribution in [0.5, 0.6) is 17.2 Å². The number of allylic oxidation sites excluding steroid dienone is 1. The zero-order valence-corrected chi connectivity index (χ0v) is 25.1. The Bertz CT molecular complexity index is 1170. The Balaban J connectivity index is 1.82. The van der Waals surface area contributed by atoms with Crippen molar-refractivity contribution in [2.45, 2.75) is 122 Å². The molecule has 1 aromatic rings. The Morgan fingerprint density at radius 2 is 1.90 bits per heavy atom. The van der Waals surface area contributed by atoms with Crippen LogP contribution in [-0.4, -0.2) is 69.1 Å². The third-order valence-electron chi connectivity index (χ3n) is 9.79. The number of esters is 1. The van der Waals surface area contributed by atoms with E-state index in [9.17, 15) is 25.2 Å². The molecule has 0 radical (unpaired) electrons. The van der Waals surface area contributed by atoms with E-state index in [-0.39, 0.29) is 17.9 Å². The van der Waals surface area contributed by atoms with Gasteiger partial charge < -0.3 is 39.4 Å². The maximum absolute atomic E-state index is 12.0. The van der Waals surface area contributed by atoms with Crippen LogP contribution < -0.4 is 9.47 Å². The summed E-state index contributed by atoms with van der Waals surface area (Å²) in [6.45, 7) is 14.1. The molecule has 1 aliphatic carbocycles. The van der Waals surface area contributed by atoms with Crippen molar-refractivity contribution in [3.8, 4) is 17.2 Å². The SMILES string of the molecule is C/C=C(\C)C(OC(C)=O)C(C)c1cc(OC)c2c(c1O)OC1(C)CCC3OC(C(C)(C)O)CC(O)C3(C)C1C2O. The molecule has 0 amide bonds. The van der Waals surface area contributed by atoms with Crippen molar-refractivity contribution in [2.24, 2.45) is 11.3 Å². The number of fused-ring (bicyclic) bond motifs is 4. The lowest BCUT2D eigenvalue weighted by molar-refractivity contribution is -0.289. The van der Waals surface area contributed by atoms with E-state index >= 15 is 0 Å². The van der Waals surface area contributed by atoms with Crippen LogP contribution in [-0.2, 0) is 14.3 Å². The maximum atomic E-state index is 12.0. The molecule has 40 heavy (non-hydrogen) atoms. The molecule has 2 heterocycles. The number of phenols is 1. The molecule has 4 rings (SSSR count). The van der Waals surface area contributed by atoms with Crippen molar-refractivity contribution in [2.75, 3.05) is 7.11 Å². The number of hydrogen-bond donors (Lipinski definition) is 4. The van der Waals surface area contributed by atoms with Crippen molar-refractivity contribution in [1.29, 1.82) is 0 Å². The second-order valence-corrected chi connectivity index (χ2v) is 12.9. The van der Waals surface area contributed by atoms with Gasteiger partial charge in [-0.3, -0.25) is 4.79 Å². The molecular weight excluding hydrogens is 516 g/mol. The van der Waals surface area contributed by atoms with Gasteiger partial charge in [-0.2, -0.15) is 0 Å². The molecule has 9 atom stereocenters. The second-order valence-electron chi connectivity index (χ2n) is 12.9. The molecule has 0 spiro atoms. The van der Waals surface area contributed by atoms with Gasteiger partial charge in [-0.1, -0.05) is 19.9 Å². The summed E-state index contributed by atoms with van der Waals surface area (Å²) in [7, 11) is 1.49. The summed E-state index contributed by atoms with van der Waals surface area (Å²) in [6, 6.07) is 1.66. The van der Waals surface area contributed by atoms with Crippen molar-refractivity contribution >= 4 is 5.97 Å². The lowest BCUT2D eigenvalue weighted by Crippen LogP contribution is -2.68. The van der Waals surface area contributed by atoms with E-state index in [1.54, 1.807) is 19.9 Å². The number of methoxy groups -OCH3 is 1. The minimum atomic E-state index is -1.15. The predicted molar refractivity (Wildman–Crippen MR) is 148 cm³/mol. The Labute approximate surface area is 237 Å². The number of ether oxygens (including phenoxy) is 4. The summed E-state index contributed by atoms with van der Waals surface area (Å²) in [5.41, 5.74) is -1.37. The first-order chi connectivity index (χ1) is 18.5. The number of aliphatic hydroxyl groups excluding tert-OH is 2. The van der Waals surface area contributed by atoms with E-state index in [1.165, 1.54) is 14.0 Å². The number of phenolic OH excluding ortho intramolecular Hbond substituents is 1. The maximum Gasteiger partial charge on any atom is 0.303 e. The Morgan fingerprint density at radius 3 is 2.45 bits per heavy atom. The fraction of sp³-hybridized carbons (Fsp3) is 0.710. The third-order valence-corrected chi connectivity index (χ3v) is 9.79. The van der Waals surface area contributed by atoms with Gasteiger partial charge in [-0.25, -0.2) is 0 Å². The molecule has 2 aliphatic heterocycles. The number of carbonyl (C=O) groups excluding carboxylic acids is 1. The van der Waals surface area contributed by atoms with Crippen LogP contribution in [0.4, 0.5) is 0 Å². The zero-order valence-electron chi connectivity index (χ0n) is 25.1. The molecule has 1 saturated carbocycles. The summed E-state index contributed by atoms with van der Waals surface area (Å²) in [5.74, 6) is -1.16. The molecule has 9 unspecified atom stereocenters. The van der Waals surface area contributed by atoms with Gasteiger partial charge in [-0.05, 0) is 59.1 Å². The molecule has 0 aromatic heterocycles. The van der Waals surface area contributed by atoms with E-state index < -0.39 is 64.9 Å². The topological polar surface area (TPSA) is 135 Å². The minimum Gasteiger partial charge on any atom is -0.504 e. The minimum absolute atomic E-state index is 0.134. The number of aliphatic hydroxyl groups is 3. The fourth-order valence-electron chi connectivity index (χ4n) is 7.39. The Morgan fingerprint density at radius 1 is 1.25 bits per heavy atom. The summed E-state index contributed by atoms with van der Waals surface area (Å²) in [5, 5.41) is 45.8. The summed E-state index contributed by atoms with van der Waals surface area (Å²) in [4.78, 5) is 11.9. The fourth-order valence-corrected chi connectivity index (χ4v) is 7.39. The van der Waals surface area contributed by atoms with E-state index in [2.05, 4.69) is 0 Å². The molecule has 224 valence electrons. The molecule has 4 N–H and O–H groups in total. The van der Waals surface area contributed by atoms with E-state index in [1.807, 2.05) is 40.7 Å². The molecule has 9 nitrogen and oxygen atoms in total. The van der Waals surface area contributed by atoms with Crippen molar-refractivity contribution in [1.82, 2.24) is 0 Å². The molecule has 3 aliphatic rings.